The van der Waals surface area contributed by atoms with Crippen LogP contribution in [0.25, 0.3) is 10.9 Å². The van der Waals surface area contributed by atoms with Crippen LogP contribution >= 0.6 is 0 Å². The Hall–Kier alpha value is -2.70. The van der Waals surface area contributed by atoms with E-state index in [1.807, 2.05) is 42.5 Å². The monoisotopic (exact) mass is 379 g/mol. The molecule has 146 valence electrons. The van der Waals surface area contributed by atoms with Crippen molar-refractivity contribution >= 4 is 10.9 Å². The summed E-state index contributed by atoms with van der Waals surface area (Å²) >= 11 is 0. The molecule has 1 unspecified atom stereocenters. The molecule has 1 fully saturated rings. The van der Waals surface area contributed by atoms with E-state index in [1.165, 1.54) is 0 Å². The molecule has 0 aliphatic carbocycles. The molecule has 2 N–H and O–H groups in total. The number of likely N-dealkylation sites (tertiary alicyclic amines) is 1. The molecule has 0 radical (unpaired) electrons. The lowest BCUT2D eigenvalue weighted by molar-refractivity contribution is 0.0539. The molecule has 4 rings (SSSR count). The summed E-state index contributed by atoms with van der Waals surface area (Å²) in [6, 6.07) is 13.3. The van der Waals surface area contributed by atoms with Crippen molar-refractivity contribution in [3.63, 3.8) is 0 Å². The predicted molar refractivity (Wildman–Crippen MR) is 108 cm³/mol. The van der Waals surface area contributed by atoms with Crippen LogP contribution in [0.3, 0.4) is 0 Å². The minimum Gasteiger partial charge on any atom is -0.497 e. The van der Waals surface area contributed by atoms with Gasteiger partial charge in [0.1, 0.15) is 5.75 Å². The van der Waals surface area contributed by atoms with Gasteiger partial charge in [-0.2, -0.15) is 0 Å². The number of pyridine rings is 2. The first-order valence-corrected chi connectivity index (χ1v) is 9.65. The van der Waals surface area contributed by atoms with Gasteiger partial charge in [-0.05, 0) is 67.6 Å². The number of piperidine rings is 1. The Labute approximate surface area is 163 Å². The lowest BCUT2D eigenvalue weighted by Gasteiger charge is -2.33. The van der Waals surface area contributed by atoms with E-state index < -0.39 is 6.10 Å². The Morgan fingerprint density at radius 3 is 2.79 bits per heavy atom. The number of aromatic amines is 1. The molecule has 0 saturated carbocycles. The zero-order valence-corrected chi connectivity index (χ0v) is 16.0. The number of benzene rings is 1. The number of fused-ring (bicyclic) bond motifs is 1. The molecule has 1 aliphatic heterocycles. The Balaban J connectivity index is 1.42. The van der Waals surface area contributed by atoms with Crippen molar-refractivity contribution in [3.05, 3.63) is 70.3 Å². The minimum atomic E-state index is -0.526. The number of nitrogens with zero attached hydrogens (tertiary/aromatic N) is 2. The number of ether oxygens (including phenoxy) is 1. The lowest BCUT2D eigenvalue weighted by atomic mass is 9.89. The van der Waals surface area contributed by atoms with Gasteiger partial charge in [0.05, 0.1) is 24.4 Å². The van der Waals surface area contributed by atoms with Gasteiger partial charge in [-0.15, -0.1) is 0 Å². The van der Waals surface area contributed by atoms with Gasteiger partial charge in [0, 0.05) is 24.4 Å². The molecule has 1 aromatic carbocycles. The van der Waals surface area contributed by atoms with Crippen LogP contribution in [0.2, 0.25) is 0 Å². The summed E-state index contributed by atoms with van der Waals surface area (Å²) in [7, 11) is 1.61. The molecule has 0 amide bonds. The van der Waals surface area contributed by atoms with Gasteiger partial charge in [-0.3, -0.25) is 14.7 Å². The van der Waals surface area contributed by atoms with Crippen molar-refractivity contribution in [2.45, 2.75) is 25.5 Å². The van der Waals surface area contributed by atoms with E-state index in [2.05, 4.69) is 14.9 Å². The summed E-state index contributed by atoms with van der Waals surface area (Å²) in [4.78, 5) is 22.0. The highest BCUT2D eigenvalue weighted by molar-refractivity contribution is 5.80. The van der Waals surface area contributed by atoms with Crippen molar-refractivity contribution in [2.24, 2.45) is 5.92 Å². The molecule has 6 nitrogen and oxygen atoms in total. The van der Waals surface area contributed by atoms with E-state index in [0.717, 1.165) is 53.8 Å². The van der Waals surface area contributed by atoms with Crippen LogP contribution in [-0.2, 0) is 6.54 Å². The second-order valence-corrected chi connectivity index (χ2v) is 7.39. The second kappa shape index (κ2) is 8.12. The van der Waals surface area contributed by atoms with Crippen molar-refractivity contribution in [1.29, 1.82) is 0 Å². The summed E-state index contributed by atoms with van der Waals surface area (Å²) in [6.45, 7) is 2.33. The highest BCUT2D eigenvalue weighted by atomic mass is 16.5. The van der Waals surface area contributed by atoms with Crippen LogP contribution in [0, 0.1) is 5.92 Å². The number of aliphatic hydroxyl groups is 1. The van der Waals surface area contributed by atoms with Gasteiger partial charge >= 0.3 is 0 Å². The molecule has 28 heavy (non-hydrogen) atoms. The second-order valence-electron chi connectivity index (χ2n) is 7.39. The van der Waals surface area contributed by atoms with Gasteiger partial charge in [0.25, 0.3) is 5.56 Å². The van der Waals surface area contributed by atoms with Crippen molar-refractivity contribution in [1.82, 2.24) is 14.9 Å². The first-order valence-electron chi connectivity index (χ1n) is 9.65. The fraction of sp³-hybridized carbons (Fsp3) is 0.364. The van der Waals surface area contributed by atoms with Gasteiger partial charge in [0.2, 0.25) is 0 Å². The zero-order chi connectivity index (χ0) is 19.5. The van der Waals surface area contributed by atoms with Crippen LogP contribution in [0.5, 0.6) is 5.75 Å². The maximum Gasteiger partial charge on any atom is 0.252 e. The van der Waals surface area contributed by atoms with Gasteiger partial charge in [-0.1, -0.05) is 6.07 Å². The van der Waals surface area contributed by atoms with E-state index in [4.69, 9.17) is 4.74 Å². The average molecular weight is 379 g/mol. The summed E-state index contributed by atoms with van der Waals surface area (Å²) in [5.74, 6) is 0.929. The van der Waals surface area contributed by atoms with Crippen LogP contribution in [0.4, 0.5) is 0 Å². The Morgan fingerprint density at radius 2 is 2.07 bits per heavy atom. The molecule has 6 heteroatoms. The number of hydrogen-bond donors (Lipinski definition) is 2. The number of aromatic nitrogens is 2. The highest BCUT2D eigenvalue weighted by Crippen LogP contribution is 2.30. The molecule has 2 aromatic heterocycles. The summed E-state index contributed by atoms with van der Waals surface area (Å²) in [5, 5.41) is 11.6. The van der Waals surface area contributed by atoms with E-state index in [0.29, 0.717) is 6.54 Å². The van der Waals surface area contributed by atoms with Crippen LogP contribution in [-0.4, -0.2) is 40.2 Å². The van der Waals surface area contributed by atoms with E-state index in [1.54, 1.807) is 13.3 Å². The molecule has 3 heterocycles. The van der Waals surface area contributed by atoms with Crippen LogP contribution in [0.15, 0.2) is 53.5 Å². The summed E-state index contributed by atoms with van der Waals surface area (Å²) in [6.07, 6.45) is 2.97. The maximum atomic E-state index is 12.5. The summed E-state index contributed by atoms with van der Waals surface area (Å²) < 4.78 is 5.22. The molecule has 3 aromatic rings. The number of rotatable bonds is 5. The van der Waals surface area contributed by atoms with Crippen molar-refractivity contribution in [2.75, 3.05) is 20.2 Å². The van der Waals surface area contributed by atoms with E-state index in [-0.39, 0.29) is 11.5 Å². The molecular weight excluding hydrogens is 354 g/mol. The van der Waals surface area contributed by atoms with E-state index >= 15 is 0 Å². The fourth-order valence-corrected chi connectivity index (χ4v) is 3.93. The average Bonchev–Trinajstić information content (AvgIpc) is 2.74. The number of hydrogen-bond acceptors (Lipinski definition) is 5. The normalized spacial score (nSPS) is 16.9. The Kier molecular flexibility index (Phi) is 5.41. The van der Waals surface area contributed by atoms with Crippen LogP contribution in [0.1, 0.15) is 30.2 Å². The number of H-pyrrole nitrogens is 1. The molecule has 0 spiro atoms. The number of aliphatic hydroxyl groups excluding tert-OH is 1. The summed E-state index contributed by atoms with van der Waals surface area (Å²) in [5.41, 5.74) is 2.23. The first-order chi connectivity index (χ1) is 13.6. The van der Waals surface area contributed by atoms with Gasteiger partial charge in [0.15, 0.2) is 0 Å². The zero-order valence-electron chi connectivity index (χ0n) is 16.0. The molecule has 0 bridgehead atoms. The van der Waals surface area contributed by atoms with E-state index in [9.17, 15) is 9.90 Å². The SMILES string of the molecule is COc1ccc2cc(CN3CCC(C(O)c4ccccn4)CC3)c(=O)[nH]c2c1. The third kappa shape index (κ3) is 3.93. The first kappa shape index (κ1) is 18.7. The highest BCUT2D eigenvalue weighted by Gasteiger charge is 2.27. The van der Waals surface area contributed by atoms with Crippen LogP contribution < -0.4 is 10.3 Å². The van der Waals surface area contributed by atoms with Gasteiger partial charge < -0.3 is 14.8 Å². The molecular formula is C22H25N3O3. The number of methoxy groups -OCH3 is 1. The maximum absolute atomic E-state index is 12.5. The molecule has 1 saturated heterocycles. The number of nitrogens with one attached hydrogen (secondary N) is 1. The fourth-order valence-electron chi connectivity index (χ4n) is 3.93. The van der Waals surface area contributed by atoms with Crippen molar-refractivity contribution in [3.8, 4) is 5.75 Å². The Bertz CT molecular complexity index is 995. The third-order valence-electron chi connectivity index (χ3n) is 5.59. The quantitative estimate of drug-likeness (QED) is 0.713. The predicted octanol–water partition coefficient (Wildman–Crippen LogP) is 2.88. The standard InChI is InChI=1S/C22H25N3O3/c1-28-18-6-5-16-12-17(22(27)24-20(16)13-18)14-25-10-7-15(8-11-25)21(26)19-4-2-3-9-23-19/h2-6,9,12-13,15,21,26H,7-8,10-11,14H2,1H3,(H,24,27). The molecule has 1 aliphatic rings. The largest absolute Gasteiger partial charge is 0.497 e. The lowest BCUT2D eigenvalue weighted by Crippen LogP contribution is -2.36. The smallest absolute Gasteiger partial charge is 0.252 e. The van der Waals surface area contributed by atoms with Crippen molar-refractivity contribution < 1.29 is 9.84 Å². The minimum absolute atomic E-state index is 0.0589. The third-order valence-corrected chi connectivity index (χ3v) is 5.59. The topological polar surface area (TPSA) is 78.5 Å². The van der Waals surface area contributed by atoms with Gasteiger partial charge in [-0.25, -0.2) is 0 Å². The Morgan fingerprint density at radius 1 is 1.25 bits per heavy atom. The molecule has 1 atom stereocenters.